The Kier molecular flexibility index (Phi) is 8.12. The number of rotatable bonds is 7. The summed E-state index contributed by atoms with van der Waals surface area (Å²) in [7, 11) is 1.45. The Bertz CT molecular complexity index is 1280. The Balaban J connectivity index is 1.71. The molecule has 0 aliphatic heterocycles. The van der Waals surface area contributed by atoms with Crippen LogP contribution in [0.25, 0.3) is 0 Å². The lowest BCUT2D eigenvalue weighted by molar-refractivity contribution is 0.0951. The van der Waals surface area contributed by atoms with Gasteiger partial charge in [0.05, 0.1) is 35.5 Å². The molecule has 10 heteroatoms. The number of nitrogens with one attached hydrogen (secondary N) is 1. The average Bonchev–Trinajstić information content (AvgIpc) is 2.78. The highest BCUT2D eigenvalue weighted by molar-refractivity contribution is 6.35. The van der Waals surface area contributed by atoms with Gasteiger partial charge in [0.1, 0.15) is 12.4 Å². The standard InChI is InChI=1S/C23H15Cl3FN3O3/c1-32-21-8-14(11-29-30-23(31)17-5-2-13(10-28)7-20(17)27)6-19(26)22(21)33-12-15-3-4-16(24)9-18(15)25/h2-9,11H,12H2,1H3,(H,30,31)/b29-11-. The van der Waals surface area contributed by atoms with Gasteiger partial charge in [0, 0.05) is 15.6 Å². The molecule has 1 amide bonds. The fraction of sp³-hybridized carbons (Fsp3) is 0.0870. The molecular formula is C23H15Cl3FN3O3. The van der Waals surface area contributed by atoms with Crippen molar-refractivity contribution < 1.29 is 18.7 Å². The van der Waals surface area contributed by atoms with Crippen molar-refractivity contribution >= 4 is 46.9 Å². The van der Waals surface area contributed by atoms with E-state index in [9.17, 15) is 9.18 Å². The molecule has 0 unspecified atom stereocenters. The van der Waals surface area contributed by atoms with Crippen LogP contribution in [0.3, 0.4) is 0 Å². The monoisotopic (exact) mass is 505 g/mol. The van der Waals surface area contributed by atoms with Gasteiger partial charge in [-0.25, -0.2) is 9.82 Å². The Labute approximate surface area is 204 Å². The van der Waals surface area contributed by atoms with E-state index in [2.05, 4.69) is 10.5 Å². The van der Waals surface area contributed by atoms with E-state index < -0.39 is 11.7 Å². The predicted octanol–water partition coefficient (Wildman–Crippen LogP) is 6.01. The molecule has 0 aliphatic rings. The highest BCUT2D eigenvalue weighted by atomic mass is 35.5. The number of hydrogen-bond donors (Lipinski definition) is 1. The molecule has 0 heterocycles. The fourth-order valence-electron chi connectivity index (χ4n) is 2.74. The van der Waals surface area contributed by atoms with Crippen molar-refractivity contribution in [2.24, 2.45) is 5.10 Å². The van der Waals surface area contributed by atoms with Crippen molar-refractivity contribution in [1.29, 1.82) is 5.26 Å². The third-order valence-corrected chi connectivity index (χ3v) is 5.23. The minimum absolute atomic E-state index is 0.106. The maximum absolute atomic E-state index is 13.9. The summed E-state index contributed by atoms with van der Waals surface area (Å²) in [5.74, 6) is -0.968. The maximum atomic E-state index is 13.9. The maximum Gasteiger partial charge on any atom is 0.274 e. The second-order valence-corrected chi connectivity index (χ2v) is 7.81. The molecule has 0 saturated carbocycles. The largest absolute Gasteiger partial charge is 0.493 e. The van der Waals surface area contributed by atoms with Gasteiger partial charge in [-0.3, -0.25) is 4.79 Å². The molecule has 0 fully saturated rings. The van der Waals surface area contributed by atoms with Crippen molar-refractivity contribution in [3.05, 3.63) is 91.7 Å². The fourth-order valence-corrected chi connectivity index (χ4v) is 3.47. The minimum Gasteiger partial charge on any atom is -0.493 e. The smallest absolute Gasteiger partial charge is 0.274 e. The van der Waals surface area contributed by atoms with Gasteiger partial charge >= 0.3 is 0 Å². The third kappa shape index (κ3) is 6.14. The van der Waals surface area contributed by atoms with Crippen LogP contribution in [0.2, 0.25) is 15.1 Å². The van der Waals surface area contributed by atoms with Crippen LogP contribution >= 0.6 is 34.8 Å². The average molecular weight is 507 g/mol. The number of hydrazone groups is 1. The highest BCUT2D eigenvalue weighted by Crippen LogP contribution is 2.37. The van der Waals surface area contributed by atoms with Crippen LogP contribution in [-0.4, -0.2) is 19.2 Å². The van der Waals surface area contributed by atoms with Crippen LogP contribution in [0.5, 0.6) is 11.5 Å². The molecule has 0 aromatic heterocycles. The lowest BCUT2D eigenvalue weighted by Gasteiger charge is -2.14. The lowest BCUT2D eigenvalue weighted by Crippen LogP contribution is -2.19. The third-order valence-electron chi connectivity index (χ3n) is 4.36. The van der Waals surface area contributed by atoms with Gasteiger partial charge in [-0.1, -0.05) is 40.9 Å². The van der Waals surface area contributed by atoms with Crippen LogP contribution in [-0.2, 0) is 6.61 Å². The van der Waals surface area contributed by atoms with Crippen LogP contribution in [0.15, 0.2) is 53.6 Å². The summed E-state index contributed by atoms with van der Waals surface area (Å²) in [4.78, 5) is 12.1. The minimum atomic E-state index is -0.825. The number of halogens is 4. The number of hydrogen-bond acceptors (Lipinski definition) is 5. The molecular weight excluding hydrogens is 492 g/mol. The van der Waals surface area contributed by atoms with E-state index in [4.69, 9.17) is 49.5 Å². The first-order valence-corrected chi connectivity index (χ1v) is 10.4. The van der Waals surface area contributed by atoms with Gasteiger partial charge in [0.15, 0.2) is 11.5 Å². The van der Waals surface area contributed by atoms with Crippen LogP contribution in [0.4, 0.5) is 4.39 Å². The first kappa shape index (κ1) is 24.3. The molecule has 0 spiro atoms. The van der Waals surface area contributed by atoms with E-state index in [1.165, 1.54) is 25.5 Å². The molecule has 3 rings (SSSR count). The topological polar surface area (TPSA) is 83.7 Å². The van der Waals surface area contributed by atoms with Gasteiger partial charge in [-0.15, -0.1) is 0 Å². The molecule has 0 radical (unpaired) electrons. The van der Waals surface area contributed by atoms with E-state index in [0.29, 0.717) is 32.7 Å². The highest BCUT2D eigenvalue weighted by Gasteiger charge is 2.14. The van der Waals surface area contributed by atoms with Gasteiger partial charge in [-0.2, -0.15) is 10.4 Å². The molecule has 0 bridgehead atoms. The lowest BCUT2D eigenvalue weighted by atomic mass is 10.1. The molecule has 6 nitrogen and oxygen atoms in total. The number of amides is 1. The number of carbonyl (C=O) groups is 1. The molecule has 168 valence electrons. The van der Waals surface area contributed by atoms with Gasteiger partial charge in [0.2, 0.25) is 0 Å². The number of benzene rings is 3. The van der Waals surface area contributed by atoms with Gasteiger partial charge < -0.3 is 9.47 Å². The second-order valence-electron chi connectivity index (χ2n) is 6.56. The number of ether oxygens (including phenoxy) is 2. The summed E-state index contributed by atoms with van der Waals surface area (Å²) < 4.78 is 25.1. The van der Waals surface area contributed by atoms with E-state index >= 15 is 0 Å². The molecule has 1 N–H and O–H groups in total. The normalized spacial score (nSPS) is 10.7. The van der Waals surface area contributed by atoms with E-state index in [1.54, 1.807) is 36.4 Å². The SMILES string of the molecule is COc1cc(/C=N\NC(=O)c2ccc(C#N)cc2F)cc(Cl)c1OCc1ccc(Cl)cc1Cl. The van der Waals surface area contributed by atoms with Gasteiger partial charge in [-0.05, 0) is 48.0 Å². The summed E-state index contributed by atoms with van der Waals surface area (Å²) in [6, 6.07) is 13.5. The van der Waals surface area contributed by atoms with Gasteiger partial charge in [0.25, 0.3) is 5.91 Å². The van der Waals surface area contributed by atoms with E-state index in [-0.39, 0.29) is 22.8 Å². The van der Waals surface area contributed by atoms with Crippen LogP contribution in [0, 0.1) is 17.1 Å². The summed E-state index contributed by atoms with van der Waals surface area (Å²) in [5.41, 5.74) is 3.29. The first-order chi connectivity index (χ1) is 15.8. The van der Waals surface area contributed by atoms with E-state index in [0.717, 1.165) is 6.07 Å². The van der Waals surface area contributed by atoms with Crippen LogP contribution < -0.4 is 14.9 Å². The summed E-state index contributed by atoms with van der Waals surface area (Å²) in [6.45, 7) is 0.131. The molecule has 3 aromatic rings. The van der Waals surface area contributed by atoms with Crippen molar-refractivity contribution in [3.8, 4) is 17.6 Å². The van der Waals surface area contributed by atoms with E-state index in [1.807, 2.05) is 0 Å². The zero-order valence-corrected chi connectivity index (χ0v) is 19.3. The summed E-state index contributed by atoms with van der Waals surface area (Å²) in [5, 5.41) is 13.8. The number of carbonyl (C=O) groups excluding carboxylic acids is 1. The summed E-state index contributed by atoms with van der Waals surface area (Å²) in [6.07, 6.45) is 1.31. The van der Waals surface area contributed by atoms with Crippen molar-refractivity contribution in [2.45, 2.75) is 6.61 Å². The van der Waals surface area contributed by atoms with Crippen molar-refractivity contribution in [3.63, 3.8) is 0 Å². The predicted molar refractivity (Wildman–Crippen MR) is 125 cm³/mol. The number of nitriles is 1. The van der Waals surface area contributed by atoms with Crippen LogP contribution in [0.1, 0.15) is 27.0 Å². The molecule has 0 aliphatic carbocycles. The molecule has 33 heavy (non-hydrogen) atoms. The zero-order valence-electron chi connectivity index (χ0n) is 17.0. The number of nitrogens with zero attached hydrogens (tertiary/aromatic N) is 2. The molecule has 3 aromatic carbocycles. The second kappa shape index (κ2) is 11.0. The molecule has 0 atom stereocenters. The quantitative estimate of drug-likeness (QED) is 0.314. The first-order valence-electron chi connectivity index (χ1n) is 9.29. The molecule has 0 saturated heterocycles. The van der Waals surface area contributed by atoms with Crippen molar-refractivity contribution in [1.82, 2.24) is 5.43 Å². The Morgan fingerprint density at radius 3 is 2.61 bits per heavy atom. The summed E-state index contributed by atoms with van der Waals surface area (Å²) >= 11 is 18.4. The Morgan fingerprint density at radius 1 is 1.15 bits per heavy atom. The number of methoxy groups -OCH3 is 1. The zero-order chi connectivity index (χ0) is 24.0. The Hall–Kier alpha value is -3.31. The van der Waals surface area contributed by atoms with Crippen molar-refractivity contribution in [2.75, 3.05) is 7.11 Å². The Morgan fingerprint density at radius 2 is 1.94 bits per heavy atom.